The third kappa shape index (κ3) is 3.08. The first kappa shape index (κ1) is 14.3. The summed E-state index contributed by atoms with van der Waals surface area (Å²) in [5.41, 5.74) is 0.892. The average Bonchev–Trinajstić information content (AvgIpc) is 2.94. The van der Waals surface area contributed by atoms with E-state index in [9.17, 15) is 5.11 Å². The standard InChI is InChI=1S/C13H22N4OS/c1-4-16(7-5-6-15(2)3)12-11(10-18)17-8-9-19-13(17)14-12/h8-9,18H,4-7,10H2,1-3H3. The number of imidazole rings is 1. The lowest BCUT2D eigenvalue weighted by Gasteiger charge is -2.22. The largest absolute Gasteiger partial charge is 0.390 e. The molecule has 0 amide bonds. The lowest BCUT2D eigenvalue weighted by Crippen LogP contribution is -2.28. The topological polar surface area (TPSA) is 44.0 Å². The van der Waals surface area contributed by atoms with Gasteiger partial charge in [-0.2, -0.15) is 0 Å². The molecule has 6 heteroatoms. The summed E-state index contributed by atoms with van der Waals surface area (Å²) in [4.78, 5) is 10.0. The molecule has 106 valence electrons. The number of fused-ring (bicyclic) bond motifs is 1. The van der Waals surface area contributed by atoms with Crippen LogP contribution in [0.2, 0.25) is 0 Å². The molecule has 0 saturated carbocycles. The van der Waals surface area contributed by atoms with E-state index >= 15 is 0 Å². The van der Waals surface area contributed by atoms with Crippen LogP contribution in [0, 0.1) is 0 Å². The molecule has 0 spiro atoms. The van der Waals surface area contributed by atoms with Gasteiger partial charge in [0.05, 0.1) is 12.3 Å². The van der Waals surface area contributed by atoms with Gasteiger partial charge in [0.15, 0.2) is 10.8 Å². The summed E-state index contributed by atoms with van der Waals surface area (Å²) in [6.45, 7) is 5.09. The van der Waals surface area contributed by atoms with Crippen LogP contribution in [0.15, 0.2) is 11.6 Å². The molecule has 1 N–H and O–H groups in total. The predicted molar refractivity (Wildman–Crippen MR) is 80.0 cm³/mol. The van der Waals surface area contributed by atoms with Crippen LogP contribution in [-0.4, -0.2) is 53.1 Å². The van der Waals surface area contributed by atoms with Gasteiger partial charge in [-0.25, -0.2) is 4.98 Å². The van der Waals surface area contributed by atoms with Gasteiger partial charge in [-0.3, -0.25) is 4.40 Å². The molecule has 0 aromatic carbocycles. The fraction of sp³-hybridized carbons (Fsp3) is 0.615. The van der Waals surface area contributed by atoms with E-state index in [1.54, 1.807) is 11.3 Å². The predicted octanol–water partition coefficient (Wildman–Crippen LogP) is 1.67. The normalized spacial score (nSPS) is 11.6. The SMILES string of the molecule is CCN(CCCN(C)C)c1nc2sccn2c1CO. The van der Waals surface area contributed by atoms with Crippen molar-refractivity contribution in [2.45, 2.75) is 20.0 Å². The maximum Gasteiger partial charge on any atom is 0.195 e. The third-order valence-corrected chi connectivity index (χ3v) is 3.96. The van der Waals surface area contributed by atoms with Crippen molar-refractivity contribution in [2.75, 3.05) is 38.6 Å². The zero-order valence-electron chi connectivity index (χ0n) is 11.8. The lowest BCUT2D eigenvalue weighted by molar-refractivity contribution is 0.276. The molecule has 0 bridgehead atoms. The van der Waals surface area contributed by atoms with E-state index in [2.05, 4.69) is 35.8 Å². The molecule has 0 radical (unpaired) electrons. The van der Waals surface area contributed by atoms with E-state index < -0.39 is 0 Å². The number of hydrogen-bond donors (Lipinski definition) is 1. The number of hydrogen-bond acceptors (Lipinski definition) is 5. The Morgan fingerprint density at radius 1 is 1.37 bits per heavy atom. The van der Waals surface area contributed by atoms with Gasteiger partial charge in [-0.1, -0.05) is 0 Å². The molecular formula is C13H22N4OS. The number of nitrogens with zero attached hydrogens (tertiary/aromatic N) is 4. The van der Waals surface area contributed by atoms with Crippen LogP contribution in [0.4, 0.5) is 5.82 Å². The van der Waals surface area contributed by atoms with E-state index in [4.69, 9.17) is 0 Å². The summed E-state index contributed by atoms with van der Waals surface area (Å²) in [5, 5.41) is 11.6. The summed E-state index contributed by atoms with van der Waals surface area (Å²) < 4.78 is 1.98. The van der Waals surface area contributed by atoms with Crippen LogP contribution in [0.5, 0.6) is 0 Å². The minimum absolute atomic E-state index is 0.0252. The van der Waals surface area contributed by atoms with Gasteiger partial charge in [0.1, 0.15) is 0 Å². The first-order valence-corrected chi connectivity index (χ1v) is 7.50. The minimum Gasteiger partial charge on any atom is -0.390 e. The fourth-order valence-electron chi connectivity index (χ4n) is 2.21. The third-order valence-electron chi connectivity index (χ3n) is 3.20. The quantitative estimate of drug-likeness (QED) is 0.839. The smallest absolute Gasteiger partial charge is 0.195 e. The Morgan fingerprint density at radius 3 is 2.79 bits per heavy atom. The van der Waals surface area contributed by atoms with E-state index in [0.717, 1.165) is 42.5 Å². The maximum atomic E-state index is 9.59. The number of thiazole rings is 1. The van der Waals surface area contributed by atoms with Crippen molar-refractivity contribution in [1.29, 1.82) is 0 Å². The second-order valence-corrected chi connectivity index (χ2v) is 5.71. The zero-order chi connectivity index (χ0) is 13.8. The van der Waals surface area contributed by atoms with Gasteiger partial charge < -0.3 is 14.9 Å². The Bertz CT molecular complexity index is 520. The van der Waals surface area contributed by atoms with Crippen molar-refractivity contribution in [3.05, 3.63) is 17.3 Å². The summed E-state index contributed by atoms with van der Waals surface area (Å²) in [6.07, 6.45) is 3.06. The van der Waals surface area contributed by atoms with Crippen molar-refractivity contribution < 1.29 is 5.11 Å². The first-order valence-electron chi connectivity index (χ1n) is 6.62. The molecule has 19 heavy (non-hydrogen) atoms. The van der Waals surface area contributed by atoms with Crippen molar-refractivity contribution in [3.8, 4) is 0 Å². The highest BCUT2D eigenvalue weighted by atomic mass is 32.1. The van der Waals surface area contributed by atoms with Gasteiger partial charge in [0.2, 0.25) is 0 Å². The second-order valence-electron chi connectivity index (χ2n) is 4.83. The number of aliphatic hydroxyl groups excluding tert-OH is 1. The summed E-state index contributed by atoms with van der Waals surface area (Å²) in [7, 11) is 4.17. The van der Waals surface area contributed by atoms with Crippen LogP contribution in [-0.2, 0) is 6.61 Å². The molecule has 2 rings (SSSR count). The molecule has 0 fully saturated rings. The maximum absolute atomic E-state index is 9.59. The van der Waals surface area contributed by atoms with E-state index in [0.29, 0.717) is 0 Å². The molecule has 5 nitrogen and oxygen atoms in total. The molecule has 2 aromatic rings. The number of aromatic nitrogens is 2. The van der Waals surface area contributed by atoms with Gasteiger partial charge in [0.25, 0.3) is 0 Å². The van der Waals surface area contributed by atoms with E-state index in [1.165, 1.54) is 0 Å². The van der Waals surface area contributed by atoms with Crippen molar-refractivity contribution in [2.24, 2.45) is 0 Å². The van der Waals surface area contributed by atoms with Crippen molar-refractivity contribution in [1.82, 2.24) is 14.3 Å². The Balaban J connectivity index is 2.17. The summed E-state index contributed by atoms with van der Waals surface area (Å²) in [6, 6.07) is 0. The van der Waals surface area contributed by atoms with Gasteiger partial charge >= 0.3 is 0 Å². The zero-order valence-corrected chi connectivity index (χ0v) is 12.7. The fourth-order valence-corrected chi connectivity index (χ4v) is 2.94. The number of anilines is 1. The lowest BCUT2D eigenvalue weighted by atomic mass is 10.3. The Kier molecular flexibility index (Phi) is 4.79. The Morgan fingerprint density at radius 2 is 2.16 bits per heavy atom. The van der Waals surface area contributed by atoms with Crippen LogP contribution >= 0.6 is 11.3 Å². The molecule has 2 heterocycles. The van der Waals surface area contributed by atoms with E-state index in [1.807, 2.05) is 16.0 Å². The molecule has 0 atom stereocenters. The highest BCUT2D eigenvalue weighted by Crippen LogP contribution is 2.24. The summed E-state index contributed by atoms with van der Waals surface area (Å²) in [5.74, 6) is 0.926. The van der Waals surface area contributed by atoms with E-state index in [-0.39, 0.29) is 6.61 Å². The minimum atomic E-state index is 0.0252. The Hall–Kier alpha value is -1.11. The van der Waals surface area contributed by atoms with Gasteiger partial charge in [0, 0.05) is 24.7 Å². The highest BCUT2D eigenvalue weighted by molar-refractivity contribution is 7.15. The van der Waals surface area contributed by atoms with Crippen LogP contribution in [0.1, 0.15) is 19.0 Å². The molecule has 0 aliphatic carbocycles. The molecular weight excluding hydrogens is 260 g/mol. The molecule has 0 aliphatic heterocycles. The number of aliphatic hydroxyl groups is 1. The van der Waals surface area contributed by atoms with Crippen molar-refractivity contribution in [3.63, 3.8) is 0 Å². The molecule has 2 aromatic heterocycles. The Labute approximate surface area is 118 Å². The molecule has 0 saturated heterocycles. The van der Waals surface area contributed by atoms with Crippen LogP contribution in [0.25, 0.3) is 4.96 Å². The monoisotopic (exact) mass is 282 g/mol. The molecule has 0 aliphatic rings. The van der Waals surface area contributed by atoms with Crippen LogP contribution in [0.3, 0.4) is 0 Å². The van der Waals surface area contributed by atoms with Gasteiger partial charge in [-0.05, 0) is 34.0 Å². The first-order chi connectivity index (χ1) is 9.17. The van der Waals surface area contributed by atoms with Crippen molar-refractivity contribution >= 4 is 22.1 Å². The van der Waals surface area contributed by atoms with Crippen LogP contribution < -0.4 is 4.90 Å². The average molecular weight is 282 g/mol. The number of rotatable bonds is 7. The van der Waals surface area contributed by atoms with Gasteiger partial charge in [-0.15, -0.1) is 11.3 Å². The molecule has 0 unspecified atom stereocenters. The highest BCUT2D eigenvalue weighted by Gasteiger charge is 2.17. The second kappa shape index (κ2) is 6.36. The summed E-state index contributed by atoms with van der Waals surface area (Å²) >= 11 is 1.60.